The van der Waals surface area contributed by atoms with Crippen molar-refractivity contribution in [3.8, 4) is 0 Å². The highest BCUT2D eigenvalue weighted by molar-refractivity contribution is 14.1. The normalized spacial score (nSPS) is 23.1. The minimum atomic E-state index is -0.419. The number of aliphatic hydroxyl groups excluding tert-OH is 1. The molecular formula is C12H14FIN2O2. The van der Waals surface area contributed by atoms with Gasteiger partial charge in [0.05, 0.1) is 11.7 Å². The van der Waals surface area contributed by atoms with Gasteiger partial charge in [0.1, 0.15) is 5.82 Å². The molecule has 0 bridgehead atoms. The van der Waals surface area contributed by atoms with E-state index in [2.05, 4.69) is 10.6 Å². The summed E-state index contributed by atoms with van der Waals surface area (Å²) in [7, 11) is 0. The maximum absolute atomic E-state index is 12.9. The van der Waals surface area contributed by atoms with Crippen LogP contribution < -0.4 is 10.6 Å². The number of carbonyl (C=O) groups excluding carboxylic acids is 1. The standard InChI is InChI=1S/C12H14FIN2O2/c13-8-1-2-9(10(14)3-8)12(18)16-5-7-4-15-6-11(7)17/h1-3,7,11,15,17H,4-6H2,(H,16,18). The van der Waals surface area contributed by atoms with Gasteiger partial charge in [-0.3, -0.25) is 4.79 Å². The lowest BCUT2D eigenvalue weighted by Crippen LogP contribution is -2.34. The zero-order chi connectivity index (χ0) is 13.1. The van der Waals surface area contributed by atoms with Crippen molar-refractivity contribution in [3.63, 3.8) is 0 Å². The van der Waals surface area contributed by atoms with Crippen LogP contribution in [0.15, 0.2) is 18.2 Å². The van der Waals surface area contributed by atoms with E-state index in [1.54, 1.807) is 0 Å². The fraction of sp³-hybridized carbons (Fsp3) is 0.417. The summed E-state index contributed by atoms with van der Waals surface area (Å²) in [5.74, 6) is -0.558. The summed E-state index contributed by atoms with van der Waals surface area (Å²) in [4.78, 5) is 11.9. The molecule has 98 valence electrons. The Balaban J connectivity index is 1.95. The van der Waals surface area contributed by atoms with Crippen LogP contribution in [-0.2, 0) is 0 Å². The second-order valence-electron chi connectivity index (χ2n) is 4.32. The monoisotopic (exact) mass is 364 g/mol. The second kappa shape index (κ2) is 5.94. The van der Waals surface area contributed by atoms with Gasteiger partial charge >= 0.3 is 0 Å². The second-order valence-corrected chi connectivity index (χ2v) is 5.48. The summed E-state index contributed by atoms with van der Waals surface area (Å²) < 4.78 is 13.5. The van der Waals surface area contributed by atoms with Crippen molar-refractivity contribution < 1.29 is 14.3 Å². The van der Waals surface area contributed by atoms with Gasteiger partial charge in [-0.25, -0.2) is 4.39 Å². The largest absolute Gasteiger partial charge is 0.391 e. The van der Waals surface area contributed by atoms with Gasteiger partial charge in [-0.15, -0.1) is 0 Å². The molecule has 3 N–H and O–H groups in total. The molecule has 4 nitrogen and oxygen atoms in total. The van der Waals surface area contributed by atoms with E-state index in [-0.39, 0.29) is 17.6 Å². The van der Waals surface area contributed by atoms with Crippen LogP contribution in [0.3, 0.4) is 0 Å². The van der Waals surface area contributed by atoms with Crippen LogP contribution in [0.2, 0.25) is 0 Å². The van der Waals surface area contributed by atoms with Crippen LogP contribution in [0, 0.1) is 15.3 Å². The molecule has 0 radical (unpaired) electrons. The molecule has 1 aromatic rings. The van der Waals surface area contributed by atoms with Gasteiger partial charge in [-0.05, 0) is 40.8 Å². The van der Waals surface area contributed by atoms with Gasteiger partial charge in [0.2, 0.25) is 0 Å². The van der Waals surface area contributed by atoms with Crippen molar-refractivity contribution in [3.05, 3.63) is 33.1 Å². The fourth-order valence-corrected chi connectivity index (χ4v) is 2.64. The first kappa shape index (κ1) is 13.7. The molecule has 2 unspecified atom stereocenters. The average molecular weight is 364 g/mol. The SMILES string of the molecule is O=C(NCC1CNCC1O)c1ccc(F)cc1I. The molecule has 0 aromatic heterocycles. The lowest BCUT2D eigenvalue weighted by Gasteiger charge is -2.14. The number of hydrogen-bond acceptors (Lipinski definition) is 3. The quantitative estimate of drug-likeness (QED) is 0.694. The molecule has 1 aliphatic heterocycles. The van der Waals surface area contributed by atoms with Gasteiger partial charge in [-0.2, -0.15) is 0 Å². The van der Waals surface area contributed by atoms with Crippen molar-refractivity contribution in [1.29, 1.82) is 0 Å². The molecule has 0 aliphatic carbocycles. The summed E-state index contributed by atoms with van der Waals surface area (Å²) in [6, 6.07) is 4.06. The number of amides is 1. The van der Waals surface area contributed by atoms with Gasteiger partial charge in [-0.1, -0.05) is 0 Å². The Morgan fingerprint density at radius 3 is 2.94 bits per heavy atom. The van der Waals surface area contributed by atoms with Crippen LogP contribution in [0.5, 0.6) is 0 Å². The Labute approximate surface area is 118 Å². The van der Waals surface area contributed by atoms with E-state index in [1.165, 1.54) is 18.2 Å². The van der Waals surface area contributed by atoms with E-state index < -0.39 is 6.10 Å². The predicted molar refractivity (Wildman–Crippen MR) is 73.8 cm³/mol. The molecule has 0 spiro atoms. The summed E-state index contributed by atoms with van der Waals surface area (Å²) >= 11 is 1.93. The van der Waals surface area contributed by atoms with E-state index >= 15 is 0 Å². The summed E-state index contributed by atoms with van der Waals surface area (Å²) in [5, 5.41) is 15.4. The van der Waals surface area contributed by atoms with Gasteiger partial charge in [0, 0.05) is 29.1 Å². The molecule has 0 saturated carbocycles. The van der Waals surface area contributed by atoms with Crippen molar-refractivity contribution in [2.45, 2.75) is 6.10 Å². The van der Waals surface area contributed by atoms with Gasteiger partial charge in [0.25, 0.3) is 5.91 Å². The molecular weight excluding hydrogens is 350 g/mol. The molecule has 1 heterocycles. The number of aliphatic hydroxyl groups is 1. The number of halogens is 2. The Morgan fingerprint density at radius 1 is 1.56 bits per heavy atom. The van der Waals surface area contributed by atoms with Gasteiger partial charge in [0.15, 0.2) is 0 Å². The molecule has 1 fully saturated rings. The first-order valence-electron chi connectivity index (χ1n) is 5.70. The molecule has 2 rings (SSSR count). The highest BCUT2D eigenvalue weighted by atomic mass is 127. The van der Waals surface area contributed by atoms with Crippen molar-refractivity contribution in [2.75, 3.05) is 19.6 Å². The summed E-state index contributed by atoms with van der Waals surface area (Å²) in [6.45, 7) is 1.68. The average Bonchev–Trinajstić information content (AvgIpc) is 2.72. The number of rotatable bonds is 3. The minimum absolute atomic E-state index is 0.0343. The molecule has 1 amide bonds. The third-order valence-electron chi connectivity index (χ3n) is 3.00. The first-order chi connectivity index (χ1) is 8.58. The topological polar surface area (TPSA) is 61.4 Å². The summed E-state index contributed by atoms with van der Waals surface area (Å²) in [5.41, 5.74) is 0.456. The Bertz CT molecular complexity index is 456. The third-order valence-corrected chi connectivity index (χ3v) is 3.90. The number of carbonyl (C=O) groups is 1. The maximum Gasteiger partial charge on any atom is 0.252 e. The third kappa shape index (κ3) is 3.18. The van der Waals surface area contributed by atoms with Crippen molar-refractivity contribution in [2.24, 2.45) is 5.92 Å². The van der Waals surface area contributed by atoms with Crippen LogP contribution in [0.1, 0.15) is 10.4 Å². The first-order valence-corrected chi connectivity index (χ1v) is 6.78. The Kier molecular flexibility index (Phi) is 4.52. The zero-order valence-electron chi connectivity index (χ0n) is 9.62. The molecule has 18 heavy (non-hydrogen) atoms. The number of nitrogens with one attached hydrogen (secondary N) is 2. The van der Waals surface area contributed by atoms with E-state index in [4.69, 9.17) is 0 Å². The minimum Gasteiger partial charge on any atom is -0.391 e. The highest BCUT2D eigenvalue weighted by Crippen LogP contribution is 2.14. The number of β-amino-alcohol motifs (C(OH)–C–C–N with tert-alkyl or cyclic N) is 1. The Hall–Kier alpha value is -0.730. The van der Waals surface area contributed by atoms with Crippen LogP contribution >= 0.6 is 22.6 Å². The number of hydrogen-bond donors (Lipinski definition) is 3. The van der Waals surface area contributed by atoms with Crippen molar-refractivity contribution in [1.82, 2.24) is 10.6 Å². The number of benzene rings is 1. The predicted octanol–water partition coefficient (Wildman–Crippen LogP) is 0.740. The summed E-state index contributed by atoms with van der Waals surface area (Å²) in [6.07, 6.45) is -0.419. The fourth-order valence-electron chi connectivity index (χ4n) is 1.92. The zero-order valence-corrected chi connectivity index (χ0v) is 11.8. The lowest BCUT2D eigenvalue weighted by molar-refractivity contribution is 0.0926. The van der Waals surface area contributed by atoms with E-state index in [9.17, 15) is 14.3 Å². The molecule has 2 atom stereocenters. The van der Waals surface area contributed by atoms with Crippen LogP contribution in [-0.4, -0.2) is 36.8 Å². The lowest BCUT2D eigenvalue weighted by atomic mass is 10.1. The molecule has 6 heteroatoms. The van der Waals surface area contributed by atoms with Gasteiger partial charge < -0.3 is 15.7 Å². The van der Waals surface area contributed by atoms with E-state index in [1.807, 2.05) is 22.6 Å². The Morgan fingerprint density at radius 2 is 2.33 bits per heavy atom. The highest BCUT2D eigenvalue weighted by Gasteiger charge is 2.25. The van der Waals surface area contributed by atoms with Crippen LogP contribution in [0.4, 0.5) is 4.39 Å². The molecule has 1 aromatic carbocycles. The smallest absolute Gasteiger partial charge is 0.252 e. The molecule has 1 aliphatic rings. The van der Waals surface area contributed by atoms with E-state index in [0.29, 0.717) is 28.8 Å². The van der Waals surface area contributed by atoms with Crippen molar-refractivity contribution >= 4 is 28.5 Å². The molecule has 1 saturated heterocycles. The maximum atomic E-state index is 12.9. The van der Waals surface area contributed by atoms with E-state index in [0.717, 1.165) is 0 Å². The van der Waals surface area contributed by atoms with Crippen LogP contribution in [0.25, 0.3) is 0 Å².